The second-order valence-electron chi connectivity index (χ2n) is 10.5. The lowest BCUT2D eigenvalue weighted by atomic mass is 9.39. The molecule has 124 valence electrons. The van der Waals surface area contributed by atoms with Crippen molar-refractivity contribution in [3.63, 3.8) is 0 Å². The van der Waals surface area contributed by atoms with Crippen molar-refractivity contribution in [2.24, 2.45) is 39.9 Å². The third-order valence-corrected chi connectivity index (χ3v) is 10.3. The Bertz CT molecular complexity index is 677. The first-order chi connectivity index (χ1) is 11.0. The largest absolute Gasteiger partial charge is 0.392 e. The molecule has 0 radical (unpaired) electrons. The zero-order valence-electron chi connectivity index (χ0n) is 13.9. The van der Waals surface area contributed by atoms with E-state index in [1.807, 2.05) is 0 Å². The third kappa shape index (κ3) is 0.910. The standard InChI is InChI=1S/C20H27NO2/c1-9-10-6-11-16-19-5-3-4-18(2)8-21(16)12(14(18)19)7-20(11,17(9)23)15(19)13(10)22/h10-17,22-23H,1,3-8H2,2H3/t10-,11?,12+,13+,14-,15+,16?,17+,18-,19+,20-/m1/s1. The summed E-state index contributed by atoms with van der Waals surface area (Å²) in [5.41, 5.74) is 1.72. The summed E-state index contributed by atoms with van der Waals surface area (Å²) in [4.78, 5) is 2.88. The maximum atomic E-state index is 11.3. The van der Waals surface area contributed by atoms with Crippen molar-refractivity contribution in [2.45, 2.75) is 63.3 Å². The van der Waals surface area contributed by atoms with Gasteiger partial charge in [0, 0.05) is 35.9 Å². The normalized spacial score (nSPS) is 75.6. The second-order valence-corrected chi connectivity index (χ2v) is 10.5. The molecule has 0 amide bonds. The molecular formula is C20H27NO2. The van der Waals surface area contributed by atoms with Crippen LogP contribution < -0.4 is 0 Å². The van der Waals surface area contributed by atoms with E-state index < -0.39 is 0 Å². The summed E-state index contributed by atoms with van der Waals surface area (Å²) in [6.45, 7) is 8.04. The zero-order chi connectivity index (χ0) is 15.5. The van der Waals surface area contributed by atoms with Crippen molar-refractivity contribution in [1.82, 2.24) is 4.90 Å². The van der Waals surface area contributed by atoms with Crippen LogP contribution in [0.5, 0.6) is 0 Å². The van der Waals surface area contributed by atoms with Crippen molar-refractivity contribution < 1.29 is 10.2 Å². The molecule has 23 heavy (non-hydrogen) atoms. The van der Waals surface area contributed by atoms with Crippen LogP contribution >= 0.6 is 0 Å². The number of aliphatic hydroxyl groups is 2. The molecular weight excluding hydrogens is 286 g/mol. The van der Waals surface area contributed by atoms with Gasteiger partial charge in [-0.1, -0.05) is 19.9 Å². The molecule has 9 aliphatic rings. The minimum atomic E-state index is -0.349. The van der Waals surface area contributed by atoms with Crippen LogP contribution in [0.15, 0.2) is 12.2 Å². The minimum absolute atomic E-state index is 0.0316. The lowest BCUT2D eigenvalue weighted by molar-refractivity contribution is -0.213. The van der Waals surface area contributed by atoms with E-state index in [0.29, 0.717) is 34.7 Å². The van der Waals surface area contributed by atoms with Crippen LogP contribution in [0.25, 0.3) is 0 Å². The molecule has 6 aliphatic carbocycles. The van der Waals surface area contributed by atoms with Crippen LogP contribution in [0.3, 0.4) is 0 Å². The molecule has 3 heterocycles. The summed E-state index contributed by atoms with van der Waals surface area (Å²) >= 11 is 0. The number of piperidine rings is 2. The summed E-state index contributed by atoms with van der Waals surface area (Å²) in [6.07, 6.45) is 5.64. The number of fused-ring (bicyclic) bond motifs is 1. The average Bonchev–Trinajstić information content (AvgIpc) is 2.93. The van der Waals surface area contributed by atoms with Gasteiger partial charge in [-0.15, -0.1) is 0 Å². The average molecular weight is 313 g/mol. The maximum Gasteiger partial charge on any atom is 0.0815 e. The highest BCUT2D eigenvalue weighted by Crippen LogP contribution is 2.86. The Balaban J connectivity index is 1.55. The monoisotopic (exact) mass is 313 g/mol. The molecule has 3 aliphatic heterocycles. The molecule has 2 N–H and O–H groups in total. The van der Waals surface area contributed by atoms with Gasteiger partial charge in [0.05, 0.1) is 12.2 Å². The van der Waals surface area contributed by atoms with Gasteiger partial charge in [-0.3, -0.25) is 4.90 Å². The number of hydrogen-bond donors (Lipinski definition) is 2. The van der Waals surface area contributed by atoms with Crippen LogP contribution in [0.4, 0.5) is 0 Å². The van der Waals surface area contributed by atoms with Gasteiger partial charge in [-0.05, 0) is 53.9 Å². The Morgan fingerprint density at radius 2 is 2.00 bits per heavy atom. The molecule has 0 aromatic carbocycles. The van der Waals surface area contributed by atoms with Crippen LogP contribution in [-0.2, 0) is 0 Å². The van der Waals surface area contributed by atoms with E-state index >= 15 is 0 Å². The van der Waals surface area contributed by atoms with E-state index in [9.17, 15) is 10.2 Å². The number of hydrogen-bond acceptors (Lipinski definition) is 3. The van der Waals surface area contributed by atoms with Crippen LogP contribution in [-0.4, -0.2) is 45.9 Å². The fourth-order valence-electron chi connectivity index (χ4n) is 10.5. The first-order valence-corrected chi connectivity index (χ1v) is 9.77. The van der Waals surface area contributed by atoms with E-state index in [1.54, 1.807) is 0 Å². The van der Waals surface area contributed by atoms with E-state index in [2.05, 4.69) is 18.4 Å². The van der Waals surface area contributed by atoms with Crippen molar-refractivity contribution in [2.75, 3.05) is 6.54 Å². The van der Waals surface area contributed by atoms with Crippen LogP contribution in [0, 0.1) is 39.9 Å². The molecule has 12 atom stereocenters. The van der Waals surface area contributed by atoms with Crippen LogP contribution in [0.1, 0.15) is 39.0 Å². The first kappa shape index (κ1) is 12.9. The summed E-state index contributed by atoms with van der Waals surface area (Å²) in [5, 5.41) is 22.6. The van der Waals surface area contributed by atoms with Gasteiger partial charge in [-0.2, -0.15) is 0 Å². The highest BCUT2D eigenvalue weighted by molar-refractivity contribution is 5.43. The van der Waals surface area contributed by atoms with Gasteiger partial charge in [0.1, 0.15) is 0 Å². The lowest BCUT2D eigenvalue weighted by Crippen LogP contribution is -2.68. The van der Waals surface area contributed by atoms with Crippen molar-refractivity contribution in [3.8, 4) is 0 Å². The van der Waals surface area contributed by atoms with E-state index in [0.717, 1.165) is 24.3 Å². The molecule has 0 aromatic heterocycles. The van der Waals surface area contributed by atoms with Gasteiger partial charge >= 0.3 is 0 Å². The van der Waals surface area contributed by atoms with E-state index in [-0.39, 0.29) is 23.5 Å². The first-order valence-electron chi connectivity index (χ1n) is 9.77. The second kappa shape index (κ2) is 3.20. The topological polar surface area (TPSA) is 43.7 Å². The molecule has 9 bridgehead atoms. The molecule has 6 saturated carbocycles. The summed E-state index contributed by atoms with van der Waals surface area (Å²) in [5.74, 6) is 1.90. The summed E-state index contributed by atoms with van der Waals surface area (Å²) < 4.78 is 0. The van der Waals surface area contributed by atoms with Gasteiger partial charge < -0.3 is 10.2 Å². The van der Waals surface area contributed by atoms with Gasteiger partial charge in [0.15, 0.2) is 0 Å². The van der Waals surface area contributed by atoms with Gasteiger partial charge in [0.25, 0.3) is 0 Å². The molecule has 3 nitrogen and oxygen atoms in total. The fourth-order valence-corrected chi connectivity index (χ4v) is 10.5. The van der Waals surface area contributed by atoms with Gasteiger partial charge in [0.2, 0.25) is 0 Å². The third-order valence-electron chi connectivity index (χ3n) is 10.3. The van der Waals surface area contributed by atoms with Crippen molar-refractivity contribution in [3.05, 3.63) is 12.2 Å². The Hall–Kier alpha value is -0.380. The van der Waals surface area contributed by atoms with E-state index in [1.165, 1.54) is 25.8 Å². The summed E-state index contributed by atoms with van der Waals surface area (Å²) in [7, 11) is 0. The molecule has 3 heteroatoms. The van der Waals surface area contributed by atoms with Crippen molar-refractivity contribution >= 4 is 0 Å². The fraction of sp³-hybridized carbons (Fsp3) is 0.900. The SMILES string of the molecule is C=C1[C@H]2CC3C4N5C[C@@]6(C)CCC[C@]47[C@H]([C@H]2O)[C@]3(C[C@H]5[C@H]67)[C@H]1O. The molecule has 3 unspecified atom stereocenters. The molecule has 0 aromatic rings. The maximum absolute atomic E-state index is 11.3. The number of rotatable bonds is 0. The van der Waals surface area contributed by atoms with Crippen molar-refractivity contribution in [1.29, 1.82) is 0 Å². The highest BCUT2D eigenvalue weighted by atomic mass is 16.3. The van der Waals surface area contributed by atoms with Gasteiger partial charge in [-0.25, -0.2) is 0 Å². The highest BCUT2D eigenvalue weighted by Gasteiger charge is 2.89. The Morgan fingerprint density at radius 3 is 2.83 bits per heavy atom. The quantitative estimate of drug-likeness (QED) is 0.670. The lowest BCUT2D eigenvalue weighted by Gasteiger charge is -2.66. The Morgan fingerprint density at radius 1 is 1.17 bits per heavy atom. The molecule has 2 spiro atoms. The van der Waals surface area contributed by atoms with E-state index in [4.69, 9.17) is 0 Å². The minimum Gasteiger partial charge on any atom is -0.392 e. The Kier molecular flexibility index (Phi) is 1.79. The predicted molar refractivity (Wildman–Crippen MR) is 85.5 cm³/mol. The number of nitrogens with zero attached hydrogens (tertiary/aromatic N) is 1. The number of aliphatic hydroxyl groups excluding tert-OH is 2. The molecule has 9 rings (SSSR count). The van der Waals surface area contributed by atoms with Crippen LogP contribution in [0.2, 0.25) is 0 Å². The molecule has 3 saturated heterocycles. The Labute approximate surface area is 137 Å². The zero-order valence-corrected chi connectivity index (χ0v) is 13.9. The smallest absolute Gasteiger partial charge is 0.0815 e. The predicted octanol–water partition coefficient (Wildman–Crippen LogP) is 1.79. The summed E-state index contributed by atoms with van der Waals surface area (Å²) in [6, 6.07) is 1.34. The molecule has 9 fully saturated rings.